The lowest BCUT2D eigenvalue weighted by Crippen LogP contribution is -2.22. The van der Waals surface area contributed by atoms with Crippen molar-refractivity contribution in [3.63, 3.8) is 0 Å². The van der Waals surface area contributed by atoms with E-state index in [-0.39, 0.29) is 18.9 Å². The van der Waals surface area contributed by atoms with Crippen LogP contribution in [0.1, 0.15) is 29.2 Å². The second-order valence-electron chi connectivity index (χ2n) is 6.15. The number of hydrogen-bond donors (Lipinski definition) is 1. The summed E-state index contributed by atoms with van der Waals surface area (Å²) < 4.78 is 10.4. The minimum atomic E-state index is -0.452. The van der Waals surface area contributed by atoms with E-state index in [2.05, 4.69) is 5.32 Å². The highest BCUT2D eigenvalue weighted by atomic mass is 16.5. The third-order valence-electron chi connectivity index (χ3n) is 4.19. The molecule has 0 radical (unpaired) electrons. The van der Waals surface area contributed by atoms with E-state index >= 15 is 0 Å². The van der Waals surface area contributed by atoms with E-state index in [1.807, 2.05) is 51.1 Å². The van der Waals surface area contributed by atoms with Gasteiger partial charge in [0.2, 0.25) is 0 Å². The molecule has 1 N–H and O–H groups in total. The molecule has 0 heterocycles. The first-order valence-electron chi connectivity index (χ1n) is 8.62. The fraction of sp³-hybridized carbons (Fsp3) is 0.333. The molecule has 0 unspecified atom stereocenters. The molecule has 0 aromatic heterocycles. The Morgan fingerprint density at radius 1 is 1.08 bits per heavy atom. The van der Waals surface area contributed by atoms with Crippen molar-refractivity contribution in [2.75, 3.05) is 19.0 Å². The first kappa shape index (κ1) is 19.5. The van der Waals surface area contributed by atoms with Crippen LogP contribution in [0.25, 0.3) is 0 Å². The first-order chi connectivity index (χ1) is 12.4. The Labute approximate surface area is 154 Å². The van der Waals surface area contributed by atoms with Gasteiger partial charge in [0, 0.05) is 5.69 Å². The maximum atomic E-state index is 12.1. The average molecular weight is 355 g/mol. The Kier molecular flexibility index (Phi) is 6.78. The van der Waals surface area contributed by atoms with Crippen LogP contribution < -0.4 is 10.1 Å². The number of rotatable bonds is 7. The van der Waals surface area contributed by atoms with Gasteiger partial charge in [0.1, 0.15) is 5.75 Å². The summed E-state index contributed by atoms with van der Waals surface area (Å²) in [5.74, 6) is -0.0740. The van der Waals surface area contributed by atoms with Crippen molar-refractivity contribution < 1.29 is 19.1 Å². The van der Waals surface area contributed by atoms with Gasteiger partial charge in [-0.1, -0.05) is 37.3 Å². The zero-order chi connectivity index (χ0) is 19.1. The Morgan fingerprint density at radius 3 is 2.54 bits per heavy atom. The van der Waals surface area contributed by atoms with Crippen LogP contribution in [0.2, 0.25) is 0 Å². The molecule has 0 aliphatic rings. The third-order valence-corrected chi connectivity index (χ3v) is 4.19. The van der Waals surface area contributed by atoms with E-state index in [4.69, 9.17) is 9.47 Å². The largest absolute Gasteiger partial charge is 0.496 e. The Bertz CT molecular complexity index is 799. The lowest BCUT2D eigenvalue weighted by molar-refractivity contribution is -0.146. The number of hydrogen-bond acceptors (Lipinski definition) is 4. The summed E-state index contributed by atoms with van der Waals surface area (Å²) in [6.07, 6.45) is 0.904. The monoisotopic (exact) mass is 355 g/mol. The van der Waals surface area contributed by atoms with Crippen molar-refractivity contribution in [1.29, 1.82) is 0 Å². The lowest BCUT2D eigenvalue weighted by Gasteiger charge is -2.13. The number of anilines is 1. The van der Waals surface area contributed by atoms with Gasteiger partial charge in [0.05, 0.1) is 13.5 Å². The molecular weight excluding hydrogens is 330 g/mol. The van der Waals surface area contributed by atoms with Gasteiger partial charge in [0.15, 0.2) is 6.61 Å². The molecule has 2 aromatic carbocycles. The van der Waals surface area contributed by atoms with Crippen molar-refractivity contribution in [3.8, 4) is 5.75 Å². The van der Waals surface area contributed by atoms with Gasteiger partial charge in [-0.3, -0.25) is 9.59 Å². The molecule has 0 spiro atoms. The maximum absolute atomic E-state index is 12.1. The van der Waals surface area contributed by atoms with E-state index in [1.165, 1.54) is 0 Å². The Hall–Kier alpha value is -2.82. The topological polar surface area (TPSA) is 64.6 Å². The minimum absolute atomic E-state index is 0.0918. The number of aryl methyl sites for hydroxylation is 3. The van der Waals surface area contributed by atoms with Crippen LogP contribution in [-0.4, -0.2) is 25.6 Å². The van der Waals surface area contributed by atoms with Gasteiger partial charge < -0.3 is 14.8 Å². The molecule has 5 heteroatoms. The summed E-state index contributed by atoms with van der Waals surface area (Å²) >= 11 is 0. The van der Waals surface area contributed by atoms with Gasteiger partial charge in [-0.05, 0) is 48.6 Å². The minimum Gasteiger partial charge on any atom is -0.496 e. The normalized spacial score (nSPS) is 10.3. The fourth-order valence-electron chi connectivity index (χ4n) is 2.72. The molecule has 0 bridgehead atoms. The summed E-state index contributed by atoms with van der Waals surface area (Å²) in [6.45, 7) is 5.59. The number of benzene rings is 2. The number of para-hydroxylation sites is 1. The van der Waals surface area contributed by atoms with Crippen molar-refractivity contribution >= 4 is 17.6 Å². The van der Waals surface area contributed by atoms with E-state index in [9.17, 15) is 9.59 Å². The number of amides is 1. The number of esters is 1. The summed E-state index contributed by atoms with van der Waals surface area (Å²) in [5, 5.41) is 2.84. The number of carbonyl (C=O) groups is 2. The molecule has 2 rings (SSSR count). The van der Waals surface area contributed by atoms with Gasteiger partial charge in [-0.25, -0.2) is 0 Å². The van der Waals surface area contributed by atoms with E-state index in [1.54, 1.807) is 13.2 Å². The second-order valence-corrected chi connectivity index (χ2v) is 6.15. The van der Waals surface area contributed by atoms with Crippen molar-refractivity contribution in [2.24, 2.45) is 0 Å². The SMILES string of the molecule is CCc1cccc(C)c1NC(=O)COC(=O)Cc1ccc(C)c(OC)c1. The maximum Gasteiger partial charge on any atom is 0.310 e. The molecule has 2 aromatic rings. The van der Waals surface area contributed by atoms with Crippen LogP contribution in [-0.2, 0) is 27.2 Å². The average Bonchev–Trinajstić information content (AvgIpc) is 2.63. The summed E-state index contributed by atoms with van der Waals surface area (Å²) in [5.41, 5.74) is 4.60. The van der Waals surface area contributed by atoms with Crippen LogP contribution in [0.3, 0.4) is 0 Å². The van der Waals surface area contributed by atoms with Crippen LogP contribution >= 0.6 is 0 Å². The summed E-state index contributed by atoms with van der Waals surface area (Å²) in [7, 11) is 1.59. The first-order valence-corrected chi connectivity index (χ1v) is 8.62. The molecule has 138 valence electrons. The van der Waals surface area contributed by atoms with Crippen LogP contribution in [0.4, 0.5) is 5.69 Å². The number of ether oxygens (including phenoxy) is 2. The Balaban J connectivity index is 1.90. The predicted molar refractivity (Wildman–Crippen MR) is 102 cm³/mol. The van der Waals surface area contributed by atoms with Crippen LogP contribution in [0, 0.1) is 13.8 Å². The predicted octanol–water partition coefficient (Wildman–Crippen LogP) is 3.60. The molecule has 26 heavy (non-hydrogen) atoms. The van der Waals surface area contributed by atoms with E-state index in [0.717, 1.165) is 40.1 Å². The molecule has 0 saturated heterocycles. The molecule has 0 saturated carbocycles. The molecule has 0 fully saturated rings. The van der Waals surface area contributed by atoms with Crippen molar-refractivity contribution in [3.05, 3.63) is 58.7 Å². The zero-order valence-corrected chi connectivity index (χ0v) is 15.7. The van der Waals surface area contributed by atoms with Gasteiger partial charge in [-0.2, -0.15) is 0 Å². The zero-order valence-electron chi connectivity index (χ0n) is 15.7. The third kappa shape index (κ3) is 5.09. The molecule has 5 nitrogen and oxygen atoms in total. The van der Waals surface area contributed by atoms with Crippen LogP contribution in [0.5, 0.6) is 5.75 Å². The highest BCUT2D eigenvalue weighted by molar-refractivity contribution is 5.94. The quantitative estimate of drug-likeness (QED) is 0.771. The molecule has 0 aliphatic heterocycles. The molecule has 0 atom stereocenters. The summed E-state index contributed by atoms with van der Waals surface area (Å²) in [6, 6.07) is 11.4. The molecule has 1 amide bonds. The molecule has 0 aliphatic carbocycles. The highest BCUT2D eigenvalue weighted by Gasteiger charge is 2.12. The fourth-order valence-corrected chi connectivity index (χ4v) is 2.72. The lowest BCUT2D eigenvalue weighted by atomic mass is 10.1. The Morgan fingerprint density at radius 2 is 1.85 bits per heavy atom. The summed E-state index contributed by atoms with van der Waals surface area (Å²) in [4.78, 5) is 24.1. The number of carbonyl (C=O) groups excluding carboxylic acids is 2. The van der Waals surface area contributed by atoms with E-state index in [0.29, 0.717) is 0 Å². The van der Waals surface area contributed by atoms with E-state index < -0.39 is 5.97 Å². The molecular formula is C21H25NO4. The highest BCUT2D eigenvalue weighted by Crippen LogP contribution is 2.21. The van der Waals surface area contributed by atoms with Crippen molar-refractivity contribution in [1.82, 2.24) is 0 Å². The van der Waals surface area contributed by atoms with Crippen molar-refractivity contribution in [2.45, 2.75) is 33.6 Å². The van der Waals surface area contributed by atoms with Gasteiger partial charge in [-0.15, -0.1) is 0 Å². The van der Waals surface area contributed by atoms with Crippen LogP contribution in [0.15, 0.2) is 36.4 Å². The number of nitrogens with one attached hydrogen (secondary N) is 1. The standard InChI is InChI=1S/C21H25NO4/c1-5-17-8-6-7-15(3)21(17)22-19(23)13-26-20(24)12-16-10-9-14(2)18(11-16)25-4/h6-11H,5,12-13H2,1-4H3,(H,22,23). The second kappa shape index (κ2) is 9.04. The van der Waals surface area contributed by atoms with Gasteiger partial charge in [0.25, 0.3) is 5.91 Å². The van der Waals surface area contributed by atoms with Gasteiger partial charge >= 0.3 is 5.97 Å². The smallest absolute Gasteiger partial charge is 0.310 e. The number of methoxy groups -OCH3 is 1.